The summed E-state index contributed by atoms with van der Waals surface area (Å²) >= 11 is 1.65. The Labute approximate surface area is 216 Å². The van der Waals surface area contributed by atoms with E-state index in [9.17, 15) is 19.5 Å². The number of carbonyl (C=O) groups is 3. The first-order chi connectivity index (χ1) is 17.3. The van der Waals surface area contributed by atoms with Crippen molar-refractivity contribution in [3.63, 3.8) is 0 Å². The molecule has 1 spiro atoms. The summed E-state index contributed by atoms with van der Waals surface area (Å²) in [5.41, 5.74) is 0.672. The molecule has 0 aliphatic carbocycles. The predicted molar refractivity (Wildman–Crippen MR) is 143 cm³/mol. The van der Waals surface area contributed by atoms with Crippen molar-refractivity contribution in [2.75, 3.05) is 18.5 Å². The van der Waals surface area contributed by atoms with Gasteiger partial charge in [-0.05, 0) is 48.1 Å². The molecule has 3 aliphatic heterocycles. The molecule has 3 amide bonds. The predicted octanol–water partition coefficient (Wildman–Crippen LogP) is 3.41. The van der Waals surface area contributed by atoms with Gasteiger partial charge in [-0.3, -0.25) is 14.4 Å². The molecule has 2 aromatic carbocycles. The van der Waals surface area contributed by atoms with E-state index < -0.39 is 28.7 Å². The van der Waals surface area contributed by atoms with Gasteiger partial charge in [-0.2, -0.15) is 0 Å². The number of anilines is 1. The Kier molecular flexibility index (Phi) is 6.76. The van der Waals surface area contributed by atoms with Gasteiger partial charge in [0.1, 0.15) is 6.04 Å². The van der Waals surface area contributed by atoms with E-state index in [1.54, 1.807) is 16.7 Å². The van der Waals surface area contributed by atoms with Crippen LogP contribution in [0.5, 0.6) is 0 Å². The van der Waals surface area contributed by atoms with E-state index in [-0.39, 0.29) is 35.5 Å². The molecule has 3 fully saturated rings. The lowest BCUT2D eigenvalue weighted by atomic mass is 9.70. The molecule has 2 unspecified atom stereocenters. The molecule has 3 saturated heterocycles. The van der Waals surface area contributed by atoms with Gasteiger partial charge in [0.2, 0.25) is 17.7 Å². The van der Waals surface area contributed by atoms with Crippen LogP contribution in [0.1, 0.15) is 40.0 Å². The van der Waals surface area contributed by atoms with Crippen LogP contribution < -0.4 is 10.6 Å². The quantitative estimate of drug-likeness (QED) is 0.507. The fourth-order valence-electron chi connectivity index (χ4n) is 6.51. The van der Waals surface area contributed by atoms with Crippen LogP contribution >= 0.6 is 11.8 Å². The monoisotopic (exact) mass is 509 g/mol. The molecule has 3 N–H and O–H groups in total. The summed E-state index contributed by atoms with van der Waals surface area (Å²) in [7, 11) is 0. The van der Waals surface area contributed by atoms with Crippen molar-refractivity contribution >= 4 is 45.9 Å². The number of hydrogen-bond donors (Lipinski definition) is 3. The second-order valence-electron chi connectivity index (χ2n) is 10.6. The summed E-state index contributed by atoms with van der Waals surface area (Å²) in [6.07, 6.45) is 2.33. The molecule has 0 aromatic heterocycles. The molecule has 7 nitrogen and oxygen atoms in total. The molecular weight excluding hydrogens is 474 g/mol. The fraction of sp³-hybridized carbons (Fsp3) is 0.536. The van der Waals surface area contributed by atoms with Crippen LogP contribution in [0.3, 0.4) is 0 Å². The van der Waals surface area contributed by atoms with Gasteiger partial charge in [-0.25, -0.2) is 0 Å². The molecule has 8 heteroatoms. The zero-order chi connectivity index (χ0) is 25.6. The molecular formula is C28H35N3O4S. The molecule has 36 heavy (non-hydrogen) atoms. The number of likely N-dealkylation sites (tertiary alicyclic amines) is 1. The molecule has 5 rings (SSSR count). The molecule has 3 aliphatic rings. The van der Waals surface area contributed by atoms with Crippen LogP contribution in [0, 0.1) is 17.8 Å². The standard InChI is InChI=1S/C28H35N3O4S/c1-4-13-29-25(33)22-21-11-12-28(36-21)23(22)27(35)31(20(15-32)16(2)3)24(28)26(34)30-19-10-9-17-7-5-6-8-18(17)14-19/h5-10,14,16,20-24,32H,4,11-13,15H2,1-3H3,(H,29,33)(H,30,34)/t20-,21+,22-,23-,24?,28?/m0/s1. The molecule has 6 atom stereocenters. The lowest BCUT2D eigenvalue weighted by Gasteiger charge is -2.38. The van der Waals surface area contributed by atoms with Gasteiger partial charge in [0, 0.05) is 17.5 Å². The number of fused-ring (bicyclic) bond motifs is 2. The third kappa shape index (κ3) is 3.89. The second-order valence-corrected chi connectivity index (χ2v) is 12.2. The minimum Gasteiger partial charge on any atom is -0.394 e. The van der Waals surface area contributed by atoms with Crippen LogP contribution in [0.4, 0.5) is 5.69 Å². The minimum atomic E-state index is -0.750. The van der Waals surface area contributed by atoms with Gasteiger partial charge < -0.3 is 20.6 Å². The van der Waals surface area contributed by atoms with Crippen LogP contribution in [-0.2, 0) is 14.4 Å². The SMILES string of the molecule is CCCNC(=O)[C@@H]1[C@H]2C(=O)N([C@@H](CO)C(C)C)C(C(=O)Nc3ccc4ccccc4c3)C23CC[C@H]1S3. The highest BCUT2D eigenvalue weighted by molar-refractivity contribution is 8.02. The minimum absolute atomic E-state index is 0.0283. The van der Waals surface area contributed by atoms with Crippen LogP contribution in [0.15, 0.2) is 42.5 Å². The Balaban J connectivity index is 1.52. The topological polar surface area (TPSA) is 98.7 Å². The number of thioether (sulfide) groups is 1. The first-order valence-corrected chi connectivity index (χ1v) is 13.9. The fourth-order valence-corrected chi connectivity index (χ4v) is 8.72. The van der Waals surface area contributed by atoms with Crippen LogP contribution in [0.2, 0.25) is 0 Å². The molecule has 0 saturated carbocycles. The number of benzene rings is 2. The first-order valence-electron chi connectivity index (χ1n) is 13.0. The van der Waals surface area contributed by atoms with Crippen molar-refractivity contribution in [1.29, 1.82) is 0 Å². The van der Waals surface area contributed by atoms with Crippen molar-refractivity contribution < 1.29 is 19.5 Å². The summed E-state index contributed by atoms with van der Waals surface area (Å²) in [5, 5.41) is 18.5. The van der Waals surface area contributed by atoms with Gasteiger partial charge in [0.05, 0.1) is 29.2 Å². The van der Waals surface area contributed by atoms with Crippen molar-refractivity contribution in [3.8, 4) is 0 Å². The maximum absolute atomic E-state index is 14.0. The highest BCUT2D eigenvalue weighted by Crippen LogP contribution is 2.66. The smallest absolute Gasteiger partial charge is 0.248 e. The largest absolute Gasteiger partial charge is 0.394 e. The number of aliphatic hydroxyl groups excluding tert-OH is 1. The molecule has 2 bridgehead atoms. The summed E-state index contributed by atoms with van der Waals surface area (Å²) in [5.74, 6) is -1.56. The van der Waals surface area contributed by atoms with E-state index in [4.69, 9.17) is 0 Å². The maximum Gasteiger partial charge on any atom is 0.248 e. The van der Waals surface area contributed by atoms with Gasteiger partial charge in [0.15, 0.2) is 0 Å². The summed E-state index contributed by atoms with van der Waals surface area (Å²) in [6, 6.07) is 12.5. The second kappa shape index (κ2) is 9.71. The van der Waals surface area contributed by atoms with E-state index in [0.29, 0.717) is 18.7 Å². The maximum atomic E-state index is 14.0. The van der Waals surface area contributed by atoms with Crippen LogP contribution in [0.25, 0.3) is 10.8 Å². The lowest BCUT2D eigenvalue weighted by Crippen LogP contribution is -2.56. The highest BCUT2D eigenvalue weighted by Gasteiger charge is 2.74. The third-order valence-corrected chi connectivity index (χ3v) is 10.1. The number of nitrogens with zero attached hydrogens (tertiary/aromatic N) is 1. The Morgan fingerprint density at radius 1 is 1.17 bits per heavy atom. The number of nitrogens with one attached hydrogen (secondary N) is 2. The van der Waals surface area contributed by atoms with Gasteiger partial charge in [-0.1, -0.05) is 51.1 Å². The van der Waals surface area contributed by atoms with Gasteiger partial charge in [-0.15, -0.1) is 11.8 Å². The number of carbonyl (C=O) groups excluding carboxylic acids is 3. The highest BCUT2D eigenvalue weighted by atomic mass is 32.2. The van der Waals surface area contributed by atoms with E-state index in [1.165, 1.54) is 0 Å². The molecule has 0 radical (unpaired) electrons. The Bertz CT molecular complexity index is 1190. The number of aliphatic hydroxyl groups is 1. The number of amides is 3. The van der Waals surface area contributed by atoms with E-state index >= 15 is 0 Å². The molecule has 3 heterocycles. The summed E-state index contributed by atoms with van der Waals surface area (Å²) in [4.78, 5) is 42.9. The van der Waals surface area contributed by atoms with E-state index in [1.807, 2.05) is 63.2 Å². The number of hydrogen-bond acceptors (Lipinski definition) is 5. The zero-order valence-electron chi connectivity index (χ0n) is 21.1. The first kappa shape index (κ1) is 25.1. The average Bonchev–Trinajstić information content (AvgIpc) is 3.50. The Morgan fingerprint density at radius 2 is 1.92 bits per heavy atom. The van der Waals surface area contributed by atoms with Crippen molar-refractivity contribution in [2.24, 2.45) is 17.8 Å². The van der Waals surface area contributed by atoms with Crippen molar-refractivity contribution in [2.45, 2.75) is 62.1 Å². The normalized spacial score (nSPS) is 29.6. The summed E-state index contributed by atoms with van der Waals surface area (Å²) in [6.45, 7) is 6.25. The molecule has 192 valence electrons. The van der Waals surface area contributed by atoms with E-state index in [0.717, 1.165) is 23.6 Å². The van der Waals surface area contributed by atoms with Gasteiger partial charge >= 0.3 is 0 Å². The Morgan fingerprint density at radius 3 is 2.61 bits per heavy atom. The van der Waals surface area contributed by atoms with Crippen LogP contribution in [-0.4, -0.2) is 63.0 Å². The van der Waals surface area contributed by atoms with Gasteiger partial charge in [0.25, 0.3) is 0 Å². The van der Waals surface area contributed by atoms with E-state index in [2.05, 4.69) is 10.6 Å². The zero-order valence-corrected chi connectivity index (χ0v) is 21.9. The molecule has 2 aromatic rings. The average molecular weight is 510 g/mol. The number of rotatable bonds is 8. The van der Waals surface area contributed by atoms with Crippen molar-refractivity contribution in [1.82, 2.24) is 10.2 Å². The summed E-state index contributed by atoms with van der Waals surface area (Å²) < 4.78 is -0.667. The lowest BCUT2D eigenvalue weighted by molar-refractivity contribution is -0.142. The van der Waals surface area contributed by atoms with Crippen molar-refractivity contribution in [3.05, 3.63) is 42.5 Å². The third-order valence-electron chi connectivity index (χ3n) is 8.17. The Hall–Kier alpha value is -2.58.